The molecule has 0 fully saturated rings. The van der Waals surface area contributed by atoms with E-state index in [0.717, 1.165) is 4.90 Å². The lowest BCUT2D eigenvalue weighted by Crippen LogP contribution is -2.38. The molecule has 5 heteroatoms. The third-order valence-corrected chi connectivity index (χ3v) is 4.04. The summed E-state index contributed by atoms with van der Waals surface area (Å²) in [6, 6.07) is 7.09. The molecule has 1 unspecified atom stereocenters. The number of carbonyl (C=O) groups is 2. The van der Waals surface area contributed by atoms with E-state index in [-0.39, 0.29) is 12.2 Å². The van der Waals surface area contributed by atoms with Gasteiger partial charge in [-0.3, -0.25) is 9.59 Å². The molecule has 0 aliphatic carbocycles. The maximum absolute atomic E-state index is 11.3. The molecule has 0 saturated heterocycles. The lowest BCUT2D eigenvalue weighted by molar-refractivity contribution is -0.149. The average molecular weight is 238 g/mol. The largest absolute Gasteiger partial charge is 0.481 e. The minimum Gasteiger partial charge on any atom is -0.481 e. The van der Waals surface area contributed by atoms with Gasteiger partial charge in [0.15, 0.2) is 0 Å². The highest BCUT2D eigenvalue weighted by atomic mass is 32.2. The van der Waals surface area contributed by atoms with Gasteiger partial charge in [-0.1, -0.05) is 18.2 Å². The fourth-order valence-corrected chi connectivity index (χ4v) is 3.30. The van der Waals surface area contributed by atoms with Gasteiger partial charge in [0.1, 0.15) is 5.41 Å². The number of hydrogen-bond donors (Lipinski definition) is 2. The van der Waals surface area contributed by atoms with Crippen molar-refractivity contribution in [3.63, 3.8) is 0 Å². The standard InChI is InChI=1S/C11H10O4S/c12-9(13)5-11(10(14)15)6-16-8-4-2-1-3-7(8)11/h1-4H,5-6H2,(H,12,13)(H,14,15). The van der Waals surface area contributed by atoms with Gasteiger partial charge >= 0.3 is 11.9 Å². The van der Waals surface area contributed by atoms with E-state index < -0.39 is 17.4 Å². The van der Waals surface area contributed by atoms with Crippen molar-refractivity contribution in [1.82, 2.24) is 0 Å². The molecule has 84 valence electrons. The first kappa shape index (κ1) is 11.0. The second-order valence-corrected chi connectivity index (χ2v) is 4.76. The van der Waals surface area contributed by atoms with Gasteiger partial charge in [-0.2, -0.15) is 0 Å². The second-order valence-electron chi connectivity index (χ2n) is 3.74. The van der Waals surface area contributed by atoms with E-state index in [1.807, 2.05) is 12.1 Å². The average Bonchev–Trinajstić information content (AvgIpc) is 2.58. The molecule has 0 radical (unpaired) electrons. The van der Waals surface area contributed by atoms with E-state index in [4.69, 9.17) is 5.11 Å². The molecule has 4 nitrogen and oxygen atoms in total. The number of rotatable bonds is 3. The van der Waals surface area contributed by atoms with Crippen LogP contribution in [0.4, 0.5) is 0 Å². The first-order valence-corrected chi connectivity index (χ1v) is 5.72. The highest BCUT2D eigenvalue weighted by Crippen LogP contribution is 2.46. The molecule has 1 aliphatic rings. The number of carboxylic acid groups (broad SMARTS) is 2. The van der Waals surface area contributed by atoms with Gasteiger partial charge in [-0.05, 0) is 11.6 Å². The highest BCUT2D eigenvalue weighted by Gasteiger charge is 2.47. The molecule has 2 rings (SSSR count). The summed E-state index contributed by atoms with van der Waals surface area (Å²) in [5.41, 5.74) is -0.650. The van der Waals surface area contributed by atoms with Gasteiger partial charge in [0.05, 0.1) is 6.42 Å². The Kier molecular flexibility index (Phi) is 2.63. The monoisotopic (exact) mass is 238 g/mol. The molecule has 0 amide bonds. The predicted molar refractivity (Wildman–Crippen MR) is 58.7 cm³/mol. The van der Waals surface area contributed by atoms with Crippen LogP contribution in [0.1, 0.15) is 12.0 Å². The van der Waals surface area contributed by atoms with Crippen LogP contribution in [0.15, 0.2) is 29.2 Å². The van der Waals surface area contributed by atoms with Gasteiger partial charge in [0, 0.05) is 10.6 Å². The second kappa shape index (κ2) is 3.83. The van der Waals surface area contributed by atoms with Crippen molar-refractivity contribution in [3.8, 4) is 0 Å². The van der Waals surface area contributed by atoms with Crippen LogP contribution in [0.25, 0.3) is 0 Å². The molecule has 1 aromatic rings. The van der Waals surface area contributed by atoms with E-state index in [0.29, 0.717) is 5.56 Å². The van der Waals surface area contributed by atoms with Gasteiger partial charge < -0.3 is 10.2 Å². The SMILES string of the molecule is O=C(O)CC1(C(=O)O)CSc2ccccc21. The number of thioether (sulfide) groups is 1. The molecular formula is C11H10O4S. The molecule has 1 aliphatic heterocycles. The fourth-order valence-electron chi connectivity index (χ4n) is 1.92. The topological polar surface area (TPSA) is 74.6 Å². The first-order valence-electron chi connectivity index (χ1n) is 4.74. The van der Waals surface area contributed by atoms with Crippen molar-refractivity contribution in [1.29, 1.82) is 0 Å². The normalized spacial score (nSPS) is 22.8. The number of benzene rings is 1. The summed E-state index contributed by atoms with van der Waals surface area (Å²) in [5, 5.41) is 18.1. The van der Waals surface area contributed by atoms with E-state index >= 15 is 0 Å². The van der Waals surface area contributed by atoms with E-state index in [2.05, 4.69) is 0 Å². The van der Waals surface area contributed by atoms with E-state index in [1.165, 1.54) is 11.8 Å². The van der Waals surface area contributed by atoms with Gasteiger partial charge in [-0.15, -0.1) is 11.8 Å². The van der Waals surface area contributed by atoms with E-state index in [1.54, 1.807) is 12.1 Å². The maximum Gasteiger partial charge on any atom is 0.315 e. The first-order chi connectivity index (χ1) is 7.56. The summed E-state index contributed by atoms with van der Waals surface area (Å²) in [7, 11) is 0. The lowest BCUT2D eigenvalue weighted by Gasteiger charge is -2.22. The van der Waals surface area contributed by atoms with Crippen molar-refractivity contribution >= 4 is 23.7 Å². The predicted octanol–water partition coefficient (Wildman–Crippen LogP) is 1.59. The third kappa shape index (κ3) is 1.57. The molecule has 2 N–H and O–H groups in total. The molecule has 1 heterocycles. The van der Waals surface area contributed by atoms with E-state index in [9.17, 15) is 14.7 Å². The molecule has 16 heavy (non-hydrogen) atoms. The maximum atomic E-state index is 11.3. The van der Waals surface area contributed by atoms with Crippen LogP contribution in [0.5, 0.6) is 0 Å². The lowest BCUT2D eigenvalue weighted by atomic mass is 9.79. The zero-order valence-corrected chi connectivity index (χ0v) is 9.16. The minimum atomic E-state index is -1.27. The summed E-state index contributed by atoms with van der Waals surface area (Å²) in [6.07, 6.45) is -0.369. The van der Waals surface area contributed by atoms with Crippen LogP contribution in [0.2, 0.25) is 0 Å². The van der Waals surface area contributed by atoms with Crippen LogP contribution in [-0.4, -0.2) is 27.9 Å². The smallest absolute Gasteiger partial charge is 0.315 e. The van der Waals surface area contributed by atoms with Crippen molar-refractivity contribution in [2.24, 2.45) is 0 Å². The Labute approximate surface area is 96.3 Å². The Hall–Kier alpha value is -1.49. The zero-order valence-electron chi connectivity index (χ0n) is 8.34. The van der Waals surface area contributed by atoms with Crippen molar-refractivity contribution in [2.75, 3.05) is 5.75 Å². The molecular weight excluding hydrogens is 228 g/mol. The van der Waals surface area contributed by atoms with Crippen LogP contribution in [-0.2, 0) is 15.0 Å². The Morgan fingerprint density at radius 2 is 2.00 bits per heavy atom. The summed E-state index contributed by atoms with van der Waals surface area (Å²) >= 11 is 1.40. The Morgan fingerprint density at radius 3 is 2.62 bits per heavy atom. The molecule has 0 aromatic heterocycles. The number of carboxylic acids is 2. The van der Waals surface area contributed by atoms with Crippen molar-refractivity contribution < 1.29 is 19.8 Å². The van der Waals surface area contributed by atoms with Crippen LogP contribution < -0.4 is 0 Å². The molecule has 1 aromatic carbocycles. The summed E-state index contributed by atoms with van der Waals surface area (Å²) in [6.45, 7) is 0. The number of fused-ring (bicyclic) bond motifs is 1. The molecule has 0 saturated carbocycles. The Balaban J connectivity index is 2.51. The molecule has 0 bridgehead atoms. The highest BCUT2D eigenvalue weighted by molar-refractivity contribution is 7.99. The summed E-state index contributed by atoms with van der Waals surface area (Å²) in [5.74, 6) is -1.86. The van der Waals surface area contributed by atoms with Crippen molar-refractivity contribution in [2.45, 2.75) is 16.7 Å². The quantitative estimate of drug-likeness (QED) is 0.836. The fraction of sp³-hybridized carbons (Fsp3) is 0.273. The van der Waals surface area contributed by atoms with Crippen LogP contribution in [0.3, 0.4) is 0 Å². The Bertz CT molecular complexity index is 457. The molecule has 1 atom stereocenters. The third-order valence-electron chi connectivity index (χ3n) is 2.74. The summed E-state index contributed by atoms with van der Waals surface area (Å²) in [4.78, 5) is 23.0. The van der Waals surface area contributed by atoms with Gasteiger partial charge in [0.2, 0.25) is 0 Å². The summed E-state index contributed by atoms with van der Waals surface area (Å²) < 4.78 is 0. The van der Waals surface area contributed by atoms with Crippen LogP contribution >= 0.6 is 11.8 Å². The zero-order chi connectivity index (χ0) is 11.8. The molecule has 0 spiro atoms. The number of hydrogen-bond acceptors (Lipinski definition) is 3. The number of aliphatic carboxylic acids is 2. The van der Waals surface area contributed by atoms with Gasteiger partial charge in [-0.25, -0.2) is 0 Å². The minimum absolute atomic E-state index is 0.286. The van der Waals surface area contributed by atoms with Crippen LogP contribution in [0, 0.1) is 0 Å². The van der Waals surface area contributed by atoms with Gasteiger partial charge in [0.25, 0.3) is 0 Å². The Morgan fingerprint density at radius 1 is 1.31 bits per heavy atom. The van der Waals surface area contributed by atoms with Crippen molar-refractivity contribution in [3.05, 3.63) is 29.8 Å².